The van der Waals surface area contributed by atoms with Crippen molar-refractivity contribution in [1.82, 2.24) is 4.90 Å². The zero-order valence-corrected chi connectivity index (χ0v) is 17.2. The number of benzene rings is 2. The van der Waals surface area contributed by atoms with Gasteiger partial charge in [0.2, 0.25) is 5.91 Å². The van der Waals surface area contributed by atoms with Crippen LogP contribution in [0.4, 0.5) is 20.6 Å². The molecule has 1 heterocycles. The number of amides is 4. The summed E-state index contributed by atoms with van der Waals surface area (Å²) in [6.45, 7) is 0. The molecular formula is C23H24FN3O4. The van der Waals surface area contributed by atoms with Gasteiger partial charge in [-0.3, -0.25) is 9.59 Å². The van der Waals surface area contributed by atoms with E-state index in [-0.39, 0.29) is 12.5 Å². The Morgan fingerprint density at radius 1 is 1.13 bits per heavy atom. The van der Waals surface area contributed by atoms with Crippen LogP contribution in [0.2, 0.25) is 0 Å². The number of rotatable bonds is 6. The predicted molar refractivity (Wildman–Crippen MR) is 113 cm³/mol. The highest BCUT2D eigenvalue weighted by atomic mass is 19.1. The first kappa shape index (κ1) is 20.8. The highest BCUT2D eigenvalue weighted by Crippen LogP contribution is 2.34. The molecule has 1 unspecified atom stereocenters. The molecule has 1 N–H and O–H groups in total. The summed E-state index contributed by atoms with van der Waals surface area (Å²) in [7, 11) is 1.54. The number of nitrogens with zero attached hydrogens (tertiary/aromatic N) is 2. The Bertz CT molecular complexity index is 989. The third-order valence-electron chi connectivity index (χ3n) is 5.79. The number of carbonyl (C=O) groups excluding carboxylic acids is 3. The standard InChI is InChI=1S/C23H24FN3O4/c1-31-19-11-9-18(10-12-19)27-22(29)20(26(23(27)30)17-7-2-3-8-17)14-21(28)25-16-6-4-5-15(24)13-16/h4-6,9-13,17,20H,2-3,7-8,14H2,1H3,(H,25,28). The summed E-state index contributed by atoms with van der Waals surface area (Å²) >= 11 is 0. The topological polar surface area (TPSA) is 79.0 Å². The van der Waals surface area contributed by atoms with Gasteiger partial charge >= 0.3 is 6.03 Å². The van der Waals surface area contributed by atoms with Gasteiger partial charge in [0, 0.05) is 11.7 Å². The molecule has 8 heteroatoms. The van der Waals surface area contributed by atoms with E-state index in [4.69, 9.17) is 4.74 Å². The Hall–Kier alpha value is -3.42. The van der Waals surface area contributed by atoms with Crippen molar-refractivity contribution >= 4 is 29.2 Å². The van der Waals surface area contributed by atoms with Crippen LogP contribution in [-0.4, -0.2) is 41.9 Å². The van der Waals surface area contributed by atoms with Crippen LogP contribution in [0, 0.1) is 5.82 Å². The molecular weight excluding hydrogens is 401 g/mol. The highest BCUT2D eigenvalue weighted by Gasteiger charge is 2.49. The van der Waals surface area contributed by atoms with Crippen molar-refractivity contribution in [3.63, 3.8) is 0 Å². The molecule has 2 aliphatic rings. The Morgan fingerprint density at radius 2 is 1.84 bits per heavy atom. The molecule has 1 aliphatic heterocycles. The monoisotopic (exact) mass is 425 g/mol. The van der Waals surface area contributed by atoms with Gasteiger partial charge in [0.1, 0.15) is 17.6 Å². The number of carbonyl (C=O) groups is 3. The average molecular weight is 425 g/mol. The Labute approximate surface area is 179 Å². The van der Waals surface area contributed by atoms with Crippen LogP contribution >= 0.6 is 0 Å². The molecule has 1 aliphatic carbocycles. The molecule has 2 aromatic rings. The summed E-state index contributed by atoms with van der Waals surface area (Å²) in [4.78, 5) is 41.9. The number of urea groups is 1. The van der Waals surface area contributed by atoms with Crippen LogP contribution in [-0.2, 0) is 9.59 Å². The van der Waals surface area contributed by atoms with Gasteiger partial charge in [-0.05, 0) is 55.3 Å². The smallest absolute Gasteiger partial charge is 0.332 e. The van der Waals surface area contributed by atoms with Gasteiger partial charge in [0.15, 0.2) is 0 Å². The third kappa shape index (κ3) is 4.23. The van der Waals surface area contributed by atoms with Crippen molar-refractivity contribution in [1.29, 1.82) is 0 Å². The second-order valence-corrected chi connectivity index (χ2v) is 7.78. The number of methoxy groups -OCH3 is 1. The Kier molecular flexibility index (Phi) is 5.88. The molecule has 162 valence electrons. The first-order chi connectivity index (χ1) is 15.0. The minimum atomic E-state index is -0.897. The quantitative estimate of drug-likeness (QED) is 0.711. The van der Waals surface area contributed by atoms with E-state index in [1.165, 1.54) is 25.3 Å². The summed E-state index contributed by atoms with van der Waals surface area (Å²) in [5.74, 6) is -0.738. The fourth-order valence-electron chi connectivity index (χ4n) is 4.31. The fourth-order valence-corrected chi connectivity index (χ4v) is 4.31. The molecule has 2 aromatic carbocycles. The second kappa shape index (κ2) is 8.75. The van der Waals surface area contributed by atoms with Gasteiger partial charge in [0.25, 0.3) is 5.91 Å². The second-order valence-electron chi connectivity index (χ2n) is 7.78. The van der Waals surface area contributed by atoms with Crippen molar-refractivity contribution < 1.29 is 23.5 Å². The number of anilines is 2. The van der Waals surface area contributed by atoms with Crippen LogP contribution < -0.4 is 15.0 Å². The maximum absolute atomic E-state index is 13.4. The van der Waals surface area contributed by atoms with E-state index in [2.05, 4.69) is 5.32 Å². The Balaban J connectivity index is 1.57. The van der Waals surface area contributed by atoms with Gasteiger partial charge in [-0.15, -0.1) is 0 Å². The SMILES string of the molecule is COc1ccc(N2C(=O)C(CC(=O)Nc3cccc(F)c3)N(C3CCCC3)C2=O)cc1. The largest absolute Gasteiger partial charge is 0.497 e. The first-order valence-corrected chi connectivity index (χ1v) is 10.3. The minimum absolute atomic E-state index is 0.0772. The maximum Gasteiger partial charge on any atom is 0.332 e. The molecule has 0 radical (unpaired) electrons. The number of nitrogens with one attached hydrogen (secondary N) is 1. The van der Waals surface area contributed by atoms with E-state index >= 15 is 0 Å². The predicted octanol–water partition coefficient (Wildman–Crippen LogP) is 3.94. The zero-order valence-electron chi connectivity index (χ0n) is 17.2. The molecule has 1 atom stereocenters. The fraction of sp³-hybridized carbons (Fsp3) is 0.348. The van der Waals surface area contributed by atoms with Crippen molar-refractivity contribution in [3.05, 3.63) is 54.3 Å². The first-order valence-electron chi connectivity index (χ1n) is 10.3. The van der Waals surface area contributed by atoms with Crippen LogP contribution in [0.25, 0.3) is 0 Å². The zero-order chi connectivity index (χ0) is 22.0. The maximum atomic E-state index is 13.4. The lowest BCUT2D eigenvalue weighted by molar-refractivity contribution is -0.124. The molecule has 31 heavy (non-hydrogen) atoms. The van der Waals surface area contributed by atoms with E-state index in [0.29, 0.717) is 17.1 Å². The normalized spacial score (nSPS) is 19.2. The number of ether oxygens (including phenoxy) is 1. The number of halogens is 1. The molecule has 0 aromatic heterocycles. The summed E-state index contributed by atoms with van der Waals surface area (Å²) in [5, 5.41) is 2.62. The van der Waals surface area contributed by atoms with E-state index in [1.54, 1.807) is 35.2 Å². The summed E-state index contributed by atoms with van der Waals surface area (Å²) in [6, 6.07) is 10.8. The van der Waals surface area contributed by atoms with E-state index in [0.717, 1.165) is 30.6 Å². The summed E-state index contributed by atoms with van der Waals surface area (Å²) in [6.07, 6.45) is 3.37. The van der Waals surface area contributed by atoms with Crippen LogP contribution in [0.5, 0.6) is 5.75 Å². The lowest BCUT2D eigenvalue weighted by Gasteiger charge is -2.27. The van der Waals surface area contributed by atoms with Gasteiger partial charge < -0.3 is 15.0 Å². The Morgan fingerprint density at radius 3 is 2.48 bits per heavy atom. The van der Waals surface area contributed by atoms with Gasteiger partial charge in [0.05, 0.1) is 19.2 Å². The average Bonchev–Trinajstić information content (AvgIpc) is 3.35. The van der Waals surface area contributed by atoms with Gasteiger partial charge in [-0.1, -0.05) is 18.9 Å². The van der Waals surface area contributed by atoms with Crippen molar-refractivity contribution in [3.8, 4) is 5.75 Å². The molecule has 2 fully saturated rings. The molecule has 4 amide bonds. The molecule has 0 spiro atoms. The molecule has 7 nitrogen and oxygen atoms in total. The minimum Gasteiger partial charge on any atom is -0.497 e. The summed E-state index contributed by atoms with van der Waals surface area (Å²) < 4.78 is 18.6. The highest BCUT2D eigenvalue weighted by molar-refractivity contribution is 6.22. The van der Waals surface area contributed by atoms with E-state index in [9.17, 15) is 18.8 Å². The summed E-state index contributed by atoms with van der Waals surface area (Å²) in [5.41, 5.74) is 0.744. The molecule has 0 bridgehead atoms. The van der Waals surface area contributed by atoms with E-state index < -0.39 is 29.7 Å². The van der Waals surface area contributed by atoms with E-state index in [1.807, 2.05) is 0 Å². The van der Waals surface area contributed by atoms with Gasteiger partial charge in [-0.2, -0.15) is 0 Å². The molecule has 1 saturated heterocycles. The lowest BCUT2D eigenvalue weighted by Crippen LogP contribution is -2.43. The number of imide groups is 1. The third-order valence-corrected chi connectivity index (χ3v) is 5.79. The molecule has 1 saturated carbocycles. The number of hydrogen-bond acceptors (Lipinski definition) is 4. The lowest BCUT2D eigenvalue weighted by atomic mass is 10.1. The van der Waals surface area contributed by atoms with Crippen molar-refractivity contribution in [2.24, 2.45) is 0 Å². The van der Waals surface area contributed by atoms with Crippen molar-refractivity contribution in [2.75, 3.05) is 17.3 Å². The number of hydrogen-bond donors (Lipinski definition) is 1. The van der Waals surface area contributed by atoms with Crippen LogP contribution in [0.15, 0.2) is 48.5 Å². The van der Waals surface area contributed by atoms with Crippen molar-refractivity contribution in [2.45, 2.75) is 44.2 Å². The van der Waals surface area contributed by atoms with Crippen LogP contribution in [0.3, 0.4) is 0 Å². The van der Waals surface area contributed by atoms with Gasteiger partial charge in [-0.25, -0.2) is 14.1 Å². The molecule has 4 rings (SSSR count). The van der Waals surface area contributed by atoms with Crippen LogP contribution in [0.1, 0.15) is 32.1 Å².